The van der Waals surface area contributed by atoms with Gasteiger partial charge in [-0.3, -0.25) is 0 Å². The lowest BCUT2D eigenvalue weighted by Crippen LogP contribution is -2.50. The fraction of sp³-hybridized carbons (Fsp3) is 0.103. The maximum Gasteiger partial charge on any atom is 0.338 e. The van der Waals surface area contributed by atoms with Crippen molar-refractivity contribution in [1.82, 2.24) is 0 Å². The predicted octanol–water partition coefficient (Wildman–Crippen LogP) is 7.36. The van der Waals surface area contributed by atoms with Crippen molar-refractivity contribution < 1.29 is 28.6 Å². The number of carbonyl (C=O) groups is 3. The smallest absolute Gasteiger partial charge is 0.338 e. The average molecular weight is 608 g/mol. The Labute approximate surface area is 265 Å². The highest BCUT2D eigenvalue weighted by Crippen LogP contribution is 2.46. The van der Waals surface area contributed by atoms with Crippen LogP contribution in [-0.4, -0.2) is 30.1 Å². The van der Waals surface area contributed by atoms with E-state index in [2.05, 4.69) is 0 Å². The SMILES string of the molecule is N[C@@H]1c2c(ccc3ccc4ccccc4c23)[C@H](OC(=O)c2ccccc2)[C@@H](OC(=O)c2ccccc2)[C@H]1OC(=O)c1ccccc1. The van der Waals surface area contributed by atoms with E-state index in [0.717, 1.165) is 21.5 Å². The standard InChI is InChI=1S/C39H29NO6/c40-33-32-30(23-22-25-21-20-24-12-10-11-19-29(24)31(25)32)34(44-37(41)26-13-4-1-5-14-26)36(46-39(43)28-17-8-3-9-18-28)35(33)45-38(42)27-15-6-2-7-16-27/h1-23,33-36H,40H2/t33-,34+,35+,36-/m1/s1. The molecule has 1 aliphatic rings. The topological polar surface area (TPSA) is 105 Å². The number of benzene rings is 6. The van der Waals surface area contributed by atoms with E-state index in [4.69, 9.17) is 19.9 Å². The van der Waals surface area contributed by atoms with Crippen LogP contribution in [0, 0.1) is 0 Å². The molecule has 7 rings (SSSR count). The molecule has 0 fully saturated rings. The Morgan fingerprint density at radius 2 is 0.935 bits per heavy atom. The molecule has 0 amide bonds. The van der Waals surface area contributed by atoms with Crippen molar-refractivity contribution in [3.05, 3.63) is 167 Å². The molecule has 0 heterocycles. The van der Waals surface area contributed by atoms with Crippen LogP contribution in [-0.2, 0) is 14.2 Å². The first-order chi connectivity index (χ1) is 22.5. The maximum atomic E-state index is 13.6. The highest BCUT2D eigenvalue weighted by molar-refractivity contribution is 6.10. The molecule has 0 aromatic heterocycles. The van der Waals surface area contributed by atoms with E-state index in [-0.39, 0.29) is 5.56 Å². The van der Waals surface area contributed by atoms with E-state index in [1.165, 1.54) is 0 Å². The second-order valence-corrected chi connectivity index (χ2v) is 11.1. The molecule has 1 aliphatic carbocycles. The summed E-state index contributed by atoms with van der Waals surface area (Å²) < 4.78 is 18.5. The number of esters is 3. The van der Waals surface area contributed by atoms with Gasteiger partial charge in [0.25, 0.3) is 0 Å². The lowest BCUT2D eigenvalue weighted by atomic mass is 9.78. The summed E-state index contributed by atoms with van der Waals surface area (Å²) in [6.07, 6.45) is -3.65. The largest absolute Gasteiger partial charge is 0.453 e. The summed E-state index contributed by atoms with van der Waals surface area (Å²) in [5.41, 5.74) is 9.19. The molecule has 0 radical (unpaired) electrons. The van der Waals surface area contributed by atoms with Gasteiger partial charge in [-0.15, -0.1) is 0 Å². The van der Waals surface area contributed by atoms with Crippen LogP contribution in [0.5, 0.6) is 0 Å². The van der Waals surface area contributed by atoms with Crippen molar-refractivity contribution >= 4 is 39.5 Å². The lowest BCUT2D eigenvalue weighted by molar-refractivity contribution is -0.103. The van der Waals surface area contributed by atoms with Gasteiger partial charge in [-0.1, -0.05) is 103 Å². The molecule has 0 aliphatic heterocycles. The first-order valence-corrected chi connectivity index (χ1v) is 15.0. The summed E-state index contributed by atoms with van der Waals surface area (Å²) in [6, 6.07) is 40.3. The van der Waals surface area contributed by atoms with Crippen molar-refractivity contribution in [2.75, 3.05) is 0 Å². The zero-order valence-corrected chi connectivity index (χ0v) is 24.6. The summed E-state index contributed by atoms with van der Waals surface area (Å²) in [6.45, 7) is 0. The molecule has 4 atom stereocenters. The Balaban J connectivity index is 1.42. The van der Waals surface area contributed by atoms with Crippen LogP contribution in [0.3, 0.4) is 0 Å². The van der Waals surface area contributed by atoms with E-state index in [9.17, 15) is 14.4 Å². The van der Waals surface area contributed by atoms with Gasteiger partial charge in [0.2, 0.25) is 0 Å². The minimum atomic E-state index is -1.28. The van der Waals surface area contributed by atoms with Crippen molar-refractivity contribution in [2.45, 2.75) is 24.4 Å². The van der Waals surface area contributed by atoms with E-state index in [1.54, 1.807) is 91.0 Å². The lowest BCUT2D eigenvalue weighted by Gasteiger charge is -2.41. The Kier molecular flexibility index (Phi) is 7.74. The second kappa shape index (κ2) is 12.3. The molecular weight excluding hydrogens is 578 g/mol. The van der Waals surface area contributed by atoms with Crippen LogP contribution < -0.4 is 5.73 Å². The summed E-state index contributed by atoms with van der Waals surface area (Å²) in [5.74, 6) is -1.95. The average Bonchev–Trinajstić information content (AvgIpc) is 3.11. The number of rotatable bonds is 6. The zero-order chi connectivity index (χ0) is 31.6. The van der Waals surface area contributed by atoms with Gasteiger partial charge in [-0.2, -0.15) is 0 Å². The van der Waals surface area contributed by atoms with E-state index in [1.807, 2.05) is 48.5 Å². The fourth-order valence-corrected chi connectivity index (χ4v) is 6.16. The second-order valence-electron chi connectivity index (χ2n) is 11.1. The van der Waals surface area contributed by atoms with Gasteiger partial charge in [-0.25, -0.2) is 14.4 Å². The highest BCUT2D eigenvalue weighted by Gasteiger charge is 2.49. The molecule has 6 aromatic rings. The molecule has 226 valence electrons. The van der Waals surface area contributed by atoms with Crippen LogP contribution in [0.1, 0.15) is 54.3 Å². The predicted molar refractivity (Wildman–Crippen MR) is 174 cm³/mol. The zero-order valence-electron chi connectivity index (χ0n) is 24.6. The van der Waals surface area contributed by atoms with Crippen LogP contribution in [0.2, 0.25) is 0 Å². The Bertz CT molecular complexity index is 2060. The Morgan fingerprint density at radius 3 is 1.52 bits per heavy atom. The van der Waals surface area contributed by atoms with Gasteiger partial charge in [0, 0.05) is 5.56 Å². The maximum absolute atomic E-state index is 13.6. The highest BCUT2D eigenvalue weighted by atomic mass is 16.6. The van der Waals surface area contributed by atoms with Crippen LogP contribution in [0.15, 0.2) is 140 Å². The van der Waals surface area contributed by atoms with Crippen molar-refractivity contribution in [3.8, 4) is 0 Å². The number of carbonyl (C=O) groups excluding carboxylic acids is 3. The van der Waals surface area contributed by atoms with Gasteiger partial charge in [0.1, 0.15) is 0 Å². The summed E-state index contributed by atoms with van der Waals surface area (Å²) >= 11 is 0. The van der Waals surface area contributed by atoms with Gasteiger partial charge in [0.05, 0.1) is 22.7 Å². The third-order valence-electron chi connectivity index (χ3n) is 8.35. The molecule has 7 nitrogen and oxygen atoms in total. The minimum absolute atomic E-state index is 0.285. The van der Waals surface area contributed by atoms with Crippen molar-refractivity contribution in [1.29, 1.82) is 0 Å². The molecule has 0 saturated carbocycles. The molecule has 0 saturated heterocycles. The van der Waals surface area contributed by atoms with Gasteiger partial charge < -0.3 is 19.9 Å². The number of nitrogens with two attached hydrogens (primary N) is 1. The fourth-order valence-electron chi connectivity index (χ4n) is 6.16. The van der Waals surface area contributed by atoms with Crippen molar-refractivity contribution in [3.63, 3.8) is 0 Å². The van der Waals surface area contributed by atoms with Crippen LogP contribution in [0.25, 0.3) is 21.5 Å². The molecule has 0 unspecified atom stereocenters. The van der Waals surface area contributed by atoms with E-state index >= 15 is 0 Å². The molecule has 6 aromatic carbocycles. The van der Waals surface area contributed by atoms with Crippen LogP contribution in [0.4, 0.5) is 0 Å². The first-order valence-electron chi connectivity index (χ1n) is 15.0. The number of hydrogen-bond donors (Lipinski definition) is 1. The normalized spacial score (nSPS) is 18.8. The minimum Gasteiger partial charge on any atom is -0.453 e. The summed E-state index contributed by atoms with van der Waals surface area (Å²) in [7, 11) is 0. The molecule has 7 heteroatoms. The molecule has 0 bridgehead atoms. The van der Waals surface area contributed by atoms with Crippen LogP contribution >= 0.6 is 0 Å². The summed E-state index contributed by atoms with van der Waals surface area (Å²) in [5, 5.41) is 3.68. The Hall–Kier alpha value is -5.79. The number of fused-ring (bicyclic) bond motifs is 5. The third kappa shape index (κ3) is 5.38. The first kappa shape index (κ1) is 29.0. The molecule has 2 N–H and O–H groups in total. The summed E-state index contributed by atoms with van der Waals surface area (Å²) in [4.78, 5) is 40.8. The third-order valence-corrected chi connectivity index (χ3v) is 8.35. The van der Waals surface area contributed by atoms with Gasteiger partial charge >= 0.3 is 17.9 Å². The van der Waals surface area contributed by atoms with Gasteiger partial charge in [0.15, 0.2) is 18.3 Å². The number of hydrogen-bond acceptors (Lipinski definition) is 7. The van der Waals surface area contributed by atoms with Crippen molar-refractivity contribution in [2.24, 2.45) is 5.73 Å². The van der Waals surface area contributed by atoms with E-state index in [0.29, 0.717) is 22.3 Å². The quantitative estimate of drug-likeness (QED) is 0.120. The monoisotopic (exact) mass is 607 g/mol. The van der Waals surface area contributed by atoms with Gasteiger partial charge in [-0.05, 0) is 63.5 Å². The molecule has 46 heavy (non-hydrogen) atoms. The van der Waals surface area contributed by atoms with E-state index < -0.39 is 42.3 Å². The Morgan fingerprint density at radius 1 is 0.478 bits per heavy atom. The molecular formula is C39H29NO6. The molecule has 0 spiro atoms. The number of ether oxygens (including phenoxy) is 3.